The SMILES string of the molecule is COc1ccc(N(Cc2cnc(Cl)nc2Cl)C(=O)N[C@@H](C)CO[Si](c2ccccc2)(c2ccccc2)C(C)(C)C)c(F)c1. The maximum Gasteiger partial charge on any atom is 0.322 e. The number of urea groups is 1. The zero-order chi connectivity index (χ0) is 31.2. The molecule has 0 radical (unpaired) electrons. The maximum absolute atomic E-state index is 15.3. The molecule has 0 saturated heterocycles. The van der Waals surface area contributed by atoms with Crippen LogP contribution in [0.1, 0.15) is 33.3 Å². The fraction of sp³-hybridized carbons (Fsp3) is 0.281. The van der Waals surface area contributed by atoms with E-state index in [0.29, 0.717) is 11.3 Å². The highest BCUT2D eigenvalue weighted by atomic mass is 35.5. The zero-order valence-corrected chi connectivity index (χ0v) is 27.3. The number of anilines is 1. The number of benzene rings is 3. The smallest absolute Gasteiger partial charge is 0.322 e. The molecule has 4 rings (SSSR count). The number of hydrogen-bond donors (Lipinski definition) is 1. The first-order chi connectivity index (χ1) is 20.5. The van der Waals surface area contributed by atoms with Gasteiger partial charge in [-0.1, -0.05) is 93.0 Å². The number of hydrogen-bond acceptors (Lipinski definition) is 5. The second-order valence-corrected chi connectivity index (χ2v) is 16.2. The summed E-state index contributed by atoms with van der Waals surface area (Å²) >= 11 is 12.2. The number of aromatic nitrogens is 2. The quantitative estimate of drug-likeness (QED) is 0.120. The summed E-state index contributed by atoms with van der Waals surface area (Å²) in [7, 11) is -1.39. The number of carbonyl (C=O) groups excluding carboxylic acids is 1. The lowest BCUT2D eigenvalue weighted by molar-refractivity contribution is 0.227. The van der Waals surface area contributed by atoms with Gasteiger partial charge < -0.3 is 14.5 Å². The Hall–Kier alpha value is -3.50. The van der Waals surface area contributed by atoms with Crippen LogP contribution in [0.4, 0.5) is 14.9 Å². The number of nitrogens with one attached hydrogen (secondary N) is 1. The summed E-state index contributed by atoms with van der Waals surface area (Å²) in [6.45, 7) is 8.55. The molecule has 0 aliphatic carbocycles. The van der Waals surface area contributed by atoms with E-state index in [2.05, 4.69) is 60.3 Å². The first kappa shape index (κ1) is 32.4. The van der Waals surface area contributed by atoms with Crippen molar-refractivity contribution >= 4 is 53.6 Å². The Morgan fingerprint density at radius 1 is 1.02 bits per heavy atom. The van der Waals surface area contributed by atoms with E-state index >= 15 is 4.39 Å². The lowest BCUT2D eigenvalue weighted by Crippen LogP contribution is -2.67. The van der Waals surface area contributed by atoms with Crippen LogP contribution in [0.25, 0.3) is 0 Å². The maximum atomic E-state index is 15.3. The topological polar surface area (TPSA) is 76.6 Å². The van der Waals surface area contributed by atoms with Crippen LogP contribution in [0, 0.1) is 5.82 Å². The minimum atomic E-state index is -2.83. The Balaban J connectivity index is 1.63. The van der Waals surface area contributed by atoms with Crippen LogP contribution in [0.5, 0.6) is 5.75 Å². The number of ether oxygens (including phenoxy) is 1. The molecule has 0 spiro atoms. The molecule has 2 amide bonds. The van der Waals surface area contributed by atoms with Gasteiger partial charge >= 0.3 is 6.03 Å². The molecule has 0 saturated carbocycles. The Bertz CT molecular complexity index is 1500. The lowest BCUT2D eigenvalue weighted by Gasteiger charge is -2.43. The highest BCUT2D eigenvalue weighted by Gasteiger charge is 2.50. The van der Waals surface area contributed by atoms with Crippen molar-refractivity contribution in [2.45, 2.75) is 45.3 Å². The van der Waals surface area contributed by atoms with Gasteiger partial charge in [-0.15, -0.1) is 0 Å². The van der Waals surface area contributed by atoms with Crippen molar-refractivity contribution in [3.63, 3.8) is 0 Å². The molecular weight excluding hydrogens is 606 g/mol. The molecule has 0 fully saturated rings. The van der Waals surface area contributed by atoms with Crippen LogP contribution in [0.2, 0.25) is 15.5 Å². The van der Waals surface area contributed by atoms with E-state index in [1.807, 2.05) is 43.3 Å². The number of amides is 2. The third-order valence-electron chi connectivity index (χ3n) is 7.14. The monoisotopic (exact) mass is 640 g/mol. The van der Waals surface area contributed by atoms with Gasteiger partial charge in [0.1, 0.15) is 10.9 Å². The molecule has 3 aromatic carbocycles. The molecule has 0 aliphatic heterocycles. The van der Waals surface area contributed by atoms with Crippen molar-refractivity contribution in [1.29, 1.82) is 0 Å². The minimum Gasteiger partial charge on any atom is -0.497 e. The van der Waals surface area contributed by atoms with Gasteiger partial charge in [0, 0.05) is 23.9 Å². The predicted molar refractivity (Wildman–Crippen MR) is 173 cm³/mol. The van der Waals surface area contributed by atoms with E-state index in [0.717, 1.165) is 10.4 Å². The van der Waals surface area contributed by atoms with Gasteiger partial charge in [0.25, 0.3) is 8.32 Å². The minimum absolute atomic E-state index is 0.0319. The van der Waals surface area contributed by atoms with Crippen LogP contribution >= 0.6 is 23.2 Å². The van der Waals surface area contributed by atoms with Crippen molar-refractivity contribution in [2.24, 2.45) is 0 Å². The molecule has 0 aliphatic rings. The molecule has 1 atom stereocenters. The molecule has 226 valence electrons. The van der Waals surface area contributed by atoms with Crippen LogP contribution < -0.4 is 25.3 Å². The molecule has 0 bridgehead atoms. The van der Waals surface area contributed by atoms with Gasteiger partial charge in [0.05, 0.1) is 25.9 Å². The van der Waals surface area contributed by atoms with Crippen LogP contribution in [0.3, 0.4) is 0 Å². The predicted octanol–water partition coefficient (Wildman–Crippen LogP) is 6.61. The van der Waals surface area contributed by atoms with E-state index in [1.165, 1.54) is 30.3 Å². The van der Waals surface area contributed by atoms with Gasteiger partial charge in [-0.05, 0) is 46.1 Å². The summed E-state index contributed by atoms with van der Waals surface area (Å²) in [5.41, 5.74) is 0.428. The summed E-state index contributed by atoms with van der Waals surface area (Å²) < 4.78 is 27.4. The Morgan fingerprint density at radius 3 is 2.14 bits per heavy atom. The molecule has 11 heteroatoms. The largest absolute Gasteiger partial charge is 0.497 e. The van der Waals surface area contributed by atoms with Crippen LogP contribution in [-0.2, 0) is 11.0 Å². The molecular formula is C32H35Cl2FN4O3Si. The van der Waals surface area contributed by atoms with Crippen molar-refractivity contribution < 1.29 is 18.3 Å². The summed E-state index contributed by atoms with van der Waals surface area (Å²) in [5.74, 6) is -0.321. The number of carbonyl (C=O) groups is 1. The Morgan fingerprint density at radius 2 is 1.63 bits per heavy atom. The molecule has 7 nitrogen and oxygen atoms in total. The fourth-order valence-electron chi connectivity index (χ4n) is 5.08. The van der Waals surface area contributed by atoms with Crippen molar-refractivity contribution in [3.8, 4) is 5.75 Å². The second kappa shape index (κ2) is 13.9. The van der Waals surface area contributed by atoms with Gasteiger partial charge in [0.15, 0.2) is 5.82 Å². The van der Waals surface area contributed by atoms with Crippen molar-refractivity contribution in [1.82, 2.24) is 15.3 Å². The summed E-state index contributed by atoms with van der Waals surface area (Å²) in [5, 5.41) is 5.05. The summed E-state index contributed by atoms with van der Waals surface area (Å²) in [6, 6.07) is 23.8. The van der Waals surface area contributed by atoms with Gasteiger partial charge in [-0.25, -0.2) is 19.2 Å². The number of methoxy groups -OCH3 is 1. The van der Waals surface area contributed by atoms with E-state index in [9.17, 15) is 4.79 Å². The Kier molecular flexibility index (Phi) is 10.4. The van der Waals surface area contributed by atoms with Crippen LogP contribution in [-0.4, -0.2) is 44.1 Å². The first-order valence-corrected chi connectivity index (χ1v) is 16.5. The molecule has 4 aromatic rings. The van der Waals surface area contributed by atoms with Gasteiger partial charge in [0.2, 0.25) is 5.28 Å². The van der Waals surface area contributed by atoms with Gasteiger partial charge in [-0.3, -0.25) is 4.90 Å². The zero-order valence-electron chi connectivity index (χ0n) is 24.8. The van der Waals surface area contributed by atoms with Crippen LogP contribution in [0.15, 0.2) is 85.1 Å². The third-order valence-corrected chi connectivity index (χ3v) is 12.7. The lowest BCUT2D eigenvalue weighted by atomic mass is 10.2. The summed E-state index contributed by atoms with van der Waals surface area (Å²) in [4.78, 5) is 22.9. The van der Waals surface area contributed by atoms with E-state index in [4.69, 9.17) is 32.4 Å². The average molecular weight is 642 g/mol. The number of nitrogens with zero attached hydrogens (tertiary/aromatic N) is 3. The second-order valence-electron chi connectivity index (χ2n) is 11.2. The molecule has 43 heavy (non-hydrogen) atoms. The molecule has 0 unspecified atom stereocenters. The standard InChI is InChI=1S/C32H35Cl2FN4O3Si/c1-22(21-42-43(32(2,3)4,25-12-8-6-9-13-25)26-14-10-7-11-15-26)37-31(40)39(20-23-19-36-30(34)38-29(23)33)28-17-16-24(41-5)18-27(28)35/h6-19,22H,20-21H2,1-5H3,(H,37,40)/t22-/m0/s1. The third kappa shape index (κ3) is 7.36. The normalized spacial score (nSPS) is 12.5. The Labute approximate surface area is 263 Å². The molecule has 1 N–H and O–H groups in total. The fourth-order valence-corrected chi connectivity index (χ4v) is 10.1. The van der Waals surface area contributed by atoms with Gasteiger partial charge in [-0.2, -0.15) is 0 Å². The average Bonchev–Trinajstić information content (AvgIpc) is 2.97. The van der Waals surface area contributed by atoms with E-state index < -0.39 is 26.2 Å². The first-order valence-electron chi connectivity index (χ1n) is 13.8. The van der Waals surface area contributed by atoms with E-state index in [-0.39, 0.29) is 34.3 Å². The summed E-state index contributed by atoms with van der Waals surface area (Å²) in [6.07, 6.45) is 1.41. The van der Waals surface area contributed by atoms with E-state index in [1.54, 1.807) is 6.07 Å². The van der Waals surface area contributed by atoms with Crippen molar-refractivity contribution in [3.05, 3.63) is 107 Å². The molecule has 1 heterocycles. The molecule has 1 aromatic heterocycles. The highest BCUT2D eigenvalue weighted by Crippen LogP contribution is 2.37. The number of halogens is 3. The van der Waals surface area contributed by atoms with Crippen molar-refractivity contribution in [2.75, 3.05) is 18.6 Å². The highest BCUT2D eigenvalue weighted by molar-refractivity contribution is 6.99. The number of rotatable bonds is 10.